The highest BCUT2D eigenvalue weighted by Crippen LogP contribution is 2.30. The predicted octanol–water partition coefficient (Wildman–Crippen LogP) is 4.61. The maximum Gasteiger partial charge on any atom is 0.204 e. The molecule has 5 nitrogen and oxygen atoms in total. The van der Waals surface area contributed by atoms with Crippen LogP contribution in [0, 0.1) is 3.95 Å². The third-order valence-corrected chi connectivity index (χ3v) is 7.09. The van der Waals surface area contributed by atoms with Crippen LogP contribution in [-0.4, -0.2) is 51.8 Å². The van der Waals surface area contributed by atoms with Crippen LogP contribution in [0.25, 0.3) is 0 Å². The van der Waals surface area contributed by atoms with Gasteiger partial charge in [-0.1, -0.05) is 72.0 Å². The maximum absolute atomic E-state index is 5.55. The fourth-order valence-corrected chi connectivity index (χ4v) is 5.16. The van der Waals surface area contributed by atoms with Gasteiger partial charge in [-0.25, -0.2) is 4.68 Å². The molecule has 2 aliphatic rings. The van der Waals surface area contributed by atoms with Gasteiger partial charge in [0.15, 0.2) is 3.95 Å². The van der Waals surface area contributed by atoms with Gasteiger partial charge in [0.2, 0.25) is 5.13 Å². The molecular weight excluding hydrogens is 410 g/mol. The molecule has 1 aliphatic carbocycles. The van der Waals surface area contributed by atoms with Crippen molar-refractivity contribution in [1.82, 2.24) is 19.6 Å². The molecule has 5 rings (SSSR count). The third kappa shape index (κ3) is 4.64. The summed E-state index contributed by atoms with van der Waals surface area (Å²) in [4.78, 5) is 5.06. The van der Waals surface area contributed by atoms with Gasteiger partial charge < -0.3 is 5.32 Å². The van der Waals surface area contributed by atoms with Crippen molar-refractivity contribution in [1.29, 1.82) is 0 Å². The quantitative estimate of drug-likeness (QED) is 0.546. The summed E-state index contributed by atoms with van der Waals surface area (Å²) in [5.41, 5.74) is 2.71. The number of nitrogens with one attached hydrogen (secondary N) is 1. The Morgan fingerprint density at radius 3 is 2.10 bits per heavy atom. The maximum atomic E-state index is 5.55. The molecule has 0 radical (unpaired) electrons. The molecule has 2 heterocycles. The van der Waals surface area contributed by atoms with Crippen molar-refractivity contribution in [2.45, 2.75) is 31.6 Å². The van der Waals surface area contributed by atoms with Crippen LogP contribution < -0.4 is 5.32 Å². The Morgan fingerprint density at radius 1 is 0.933 bits per heavy atom. The first-order valence-electron chi connectivity index (χ1n) is 10.7. The number of nitrogens with zero attached hydrogens (tertiary/aromatic N) is 4. The molecule has 1 aromatic heterocycles. The van der Waals surface area contributed by atoms with E-state index in [4.69, 9.17) is 17.3 Å². The van der Waals surface area contributed by atoms with Gasteiger partial charge in [-0.3, -0.25) is 9.80 Å². The van der Waals surface area contributed by atoms with Crippen molar-refractivity contribution in [2.75, 3.05) is 31.5 Å². The smallest absolute Gasteiger partial charge is 0.204 e. The van der Waals surface area contributed by atoms with Gasteiger partial charge in [-0.05, 0) is 36.2 Å². The van der Waals surface area contributed by atoms with E-state index in [0.29, 0.717) is 12.1 Å². The normalized spacial score (nSPS) is 18.0. The van der Waals surface area contributed by atoms with E-state index >= 15 is 0 Å². The first kappa shape index (κ1) is 19.9. The van der Waals surface area contributed by atoms with Crippen LogP contribution in [0.3, 0.4) is 0 Å². The molecule has 1 saturated carbocycles. The van der Waals surface area contributed by atoms with Crippen molar-refractivity contribution in [3.63, 3.8) is 0 Å². The molecule has 3 aromatic rings. The summed E-state index contributed by atoms with van der Waals surface area (Å²) in [6.45, 7) is 4.86. The fourth-order valence-electron chi connectivity index (χ4n) is 4.09. The number of rotatable bonds is 7. The van der Waals surface area contributed by atoms with Crippen molar-refractivity contribution in [3.8, 4) is 0 Å². The Kier molecular flexibility index (Phi) is 5.95. The van der Waals surface area contributed by atoms with Gasteiger partial charge in [0.1, 0.15) is 0 Å². The molecule has 0 atom stereocenters. The Labute approximate surface area is 187 Å². The van der Waals surface area contributed by atoms with Crippen LogP contribution in [0.1, 0.15) is 30.0 Å². The average Bonchev–Trinajstić information content (AvgIpc) is 3.53. The van der Waals surface area contributed by atoms with Gasteiger partial charge in [-0.2, -0.15) is 0 Å². The molecule has 0 amide bonds. The lowest BCUT2D eigenvalue weighted by Crippen LogP contribution is -2.48. The Hall–Kier alpha value is -2.06. The molecule has 0 unspecified atom stereocenters. The number of piperazine rings is 1. The summed E-state index contributed by atoms with van der Waals surface area (Å²) in [5, 5.41) is 9.13. The van der Waals surface area contributed by atoms with E-state index in [0.717, 1.165) is 41.9 Å². The molecule has 156 valence electrons. The second-order valence-corrected chi connectivity index (χ2v) is 9.73. The molecule has 2 aromatic carbocycles. The average molecular weight is 438 g/mol. The second-order valence-electron chi connectivity index (χ2n) is 8.11. The van der Waals surface area contributed by atoms with Crippen LogP contribution in [0.4, 0.5) is 5.13 Å². The summed E-state index contributed by atoms with van der Waals surface area (Å²) in [7, 11) is 0. The summed E-state index contributed by atoms with van der Waals surface area (Å²) in [6, 6.07) is 22.6. The van der Waals surface area contributed by atoms with Crippen LogP contribution in [0.5, 0.6) is 0 Å². The minimum absolute atomic E-state index is 0.297. The summed E-state index contributed by atoms with van der Waals surface area (Å²) in [6.07, 6.45) is 2.50. The van der Waals surface area contributed by atoms with Gasteiger partial charge in [0.05, 0.1) is 12.7 Å². The lowest BCUT2D eigenvalue weighted by molar-refractivity contribution is 0.0848. The molecule has 2 fully saturated rings. The van der Waals surface area contributed by atoms with Gasteiger partial charge in [0, 0.05) is 32.2 Å². The highest BCUT2D eigenvalue weighted by Gasteiger charge is 2.27. The molecule has 0 bridgehead atoms. The Bertz CT molecular complexity index is 965. The van der Waals surface area contributed by atoms with E-state index in [2.05, 4.69) is 75.8 Å². The van der Waals surface area contributed by atoms with Crippen molar-refractivity contribution in [2.24, 2.45) is 0 Å². The summed E-state index contributed by atoms with van der Waals surface area (Å²) in [5.74, 6) is 0. The zero-order valence-corrected chi connectivity index (χ0v) is 18.6. The molecule has 0 spiro atoms. The third-order valence-electron chi connectivity index (χ3n) is 5.85. The van der Waals surface area contributed by atoms with Gasteiger partial charge in [-0.15, -0.1) is 5.10 Å². The van der Waals surface area contributed by atoms with E-state index in [9.17, 15) is 0 Å². The van der Waals surface area contributed by atoms with E-state index in [1.54, 1.807) is 11.3 Å². The van der Waals surface area contributed by atoms with Crippen LogP contribution >= 0.6 is 23.6 Å². The zero-order valence-electron chi connectivity index (χ0n) is 17.0. The SMILES string of the molecule is S=c1sc(NC2CC2)nn1CN1CCN(C(c2ccccc2)c2ccccc2)CC1. The number of benzene rings is 2. The molecule has 1 saturated heterocycles. The molecule has 1 N–H and O–H groups in total. The van der Waals surface area contributed by atoms with E-state index in [-0.39, 0.29) is 0 Å². The number of hydrogen-bond acceptors (Lipinski definition) is 6. The highest BCUT2D eigenvalue weighted by molar-refractivity contribution is 7.73. The first-order chi connectivity index (χ1) is 14.8. The van der Waals surface area contributed by atoms with E-state index < -0.39 is 0 Å². The standard InChI is InChI=1S/C23H27N5S2/c29-23-28(25-22(30-23)24-20-11-12-20)17-26-13-15-27(16-14-26)21(18-7-3-1-4-8-18)19-9-5-2-6-10-19/h1-10,20-21H,11-17H2,(H,24,25). The van der Waals surface area contributed by atoms with Crippen LogP contribution in [-0.2, 0) is 6.67 Å². The Balaban J connectivity index is 1.26. The highest BCUT2D eigenvalue weighted by atomic mass is 32.1. The van der Waals surface area contributed by atoms with E-state index in [1.807, 2.05) is 4.68 Å². The number of anilines is 1. The predicted molar refractivity (Wildman–Crippen MR) is 125 cm³/mol. The molecule has 30 heavy (non-hydrogen) atoms. The lowest BCUT2D eigenvalue weighted by atomic mass is 9.96. The van der Waals surface area contributed by atoms with Crippen molar-refractivity contribution >= 4 is 28.7 Å². The van der Waals surface area contributed by atoms with Crippen molar-refractivity contribution < 1.29 is 0 Å². The van der Waals surface area contributed by atoms with Crippen molar-refractivity contribution in [3.05, 3.63) is 75.7 Å². The first-order valence-corrected chi connectivity index (χ1v) is 11.9. The summed E-state index contributed by atoms with van der Waals surface area (Å²) >= 11 is 7.14. The summed E-state index contributed by atoms with van der Waals surface area (Å²) < 4.78 is 2.83. The Morgan fingerprint density at radius 2 is 1.53 bits per heavy atom. The molecular formula is C23H27N5S2. The minimum Gasteiger partial charge on any atom is -0.357 e. The number of aromatic nitrogens is 2. The topological polar surface area (TPSA) is 36.3 Å². The van der Waals surface area contributed by atoms with E-state index in [1.165, 1.54) is 24.0 Å². The fraction of sp³-hybridized carbons (Fsp3) is 0.391. The molecule has 7 heteroatoms. The lowest BCUT2D eigenvalue weighted by Gasteiger charge is -2.39. The monoisotopic (exact) mass is 437 g/mol. The van der Waals surface area contributed by atoms with Crippen LogP contribution in [0.2, 0.25) is 0 Å². The largest absolute Gasteiger partial charge is 0.357 e. The van der Waals surface area contributed by atoms with Crippen LogP contribution in [0.15, 0.2) is 60.7 Å². The minimum atomic E-state index is 0.297. The van der Waals surface area contributed by atoms with Gasteiger partial charge >= 0.3 is 0 Å². The number of hydrogen-bond donors (Lipinski definition) is 1. The zero-order chi connectivity index (χ0) is 20.3. The molecule has 1 aliphatic heterocycles. The van der Waals surface area contributed by atoms with Gasteiger partial charge in [0.25, 0.3) is 0 Å². The second kappa shape index (κ2) is 8.98.